The largest absolute Gasteiger partial charge is 0.112 e. The summed E-state index contributed by atoms with van der Waals surface area (Å²) < 4.78 is 0. The molecule has 27 heavy (non-hydrogen) atoms. The van der Waals surface area contributed by atoms with E-state index in [1.54, 1.807) is 0 Å². The Bertz CT molecular complexity index is 738. The Kier molecular flexibility index (Phi) is 7.02. The molecular weight excluding hydrogens is 343 g/mol. The van der Waals surface area contributed by atoms with Crippen LogP contribution in [0.25, 0.3) is 0 Å². The van der Waals surface area contributed by atoms with Gasteiger partial charge in [0.25, 0.3) is 0 Å². The molecule has 0 aliphatic heterocycles. The lowest BCUT2D eigenvalue weighted by Crippen LogP contribution is -2.33. The van der Waals surface area contributed by atoms with Crippen molar-refractivity contribution in [2.24, 2.45) is 0 Å². The second kappa shape index (κ2) is 9.67. The van der Waals surface area contributed by atoms with Crippen LogP contribution in [0.15, 0.2) is 103 Å². The average Bonchev–Trinajstić information content (AvgIpc) is 2.75. The molecule has 0 aromatic heterocycles. The van der Waals surface area contributed by atoms with Crippen LogP contribution in [0.1, 0.15) is 33.1 Å². The van der Waals surface area contributed by atoms with Crippen molar-refractivity contribution in [1.82, 2.24) is 0 Å². The van der Waals surface area contributed by atoms with Crippen LogP contribution in [0.5, 0.6) is 0 Å². The van der Waals surface area contributed by atoms with Crippen molar-refractivity contribution in [2.45, 2.75) is 33.1 Å². The molecule has 0 aliphatic rings. The third-order valence-electron chi connectivity index (χ3n) is 5.34. The maximum atomic E-state index is 2.43. The lowest BCUT2D eigenvalue weighted by atomic mass is 10.2. The van der Waals surface area contributed by atoms with Gasteiger partial charge in [-0.2, -0.15) is 0 Å². The third kappa shape index (κ3) is 4.57. The van der Waals surface area contributed by atoms with Gasteiger partial charge in [0.1, 0.15) is 23.2 Å². The van der Waals surface area contributed by atoms with E-state index in [2.05, 4.69) is 111 Å². The van der Waals surface area contributed by atoms with Crippen molar-refractivity contribution in [3.05, 3.63) is 103 Å². The summed E-state index contributed by atoms with van der Waals surface area (Å²) in [6, 6.07) is 33.5. The Balaban J connectivity index is 2.08. The van der Waals surface area contributed by atoms with Gasteiger partial charge in [-0.25, -0.2) is 0 Å². The zero-order valence-corrected chi connectivity index (χ0v) is 17.4. The first-order valence-corrected chi connectivity index (χ1v) is 12.0. The van der Waals surface area contributed by atoms with E-state index in [1.165, 1.54) is 34.1 Å². The molecule has 0 bridgehead atoms. The lowest BCUT2D eigenvalue weighted by molar-refractivity contribution is 0.939. The molecule has 0 saturated heterocycles. The molecule has 0 atom stereocenters. The highest BCUT2D eigenvalue weighted by Crippen LogP contribution is 2.55. The van der Waals surface area contributed by atoms with E-state index in [0.717, 1.165) is 12.8 Å². The molecule has 0 nitrogen and oxygen atoms in total. The standard InChI is InChI=1S/C26H30P/c1-3-23(2)15-13-14-22-27(24-16-7-4-8-17-24,25-18-9-5-10-19-25)26-20-11-6-12-21-26/h4-12,15-21H,3,13-14,22H2,1-2H3/q+1/b23-15-. The van der Waals surface area contributed by atoms with E-state index in [-0.39, 0.29) is 0 Å². The number of benzene rings is 3. The second-order valence-electron chi connectivity index (χ2n) is 7.09. The predicted molar refractivity (Wildman–Crippen MR) is 123 cm³/mol. The Morgan fingerprint density at radius 2 is 1.11 bits per heavy atom. The van der Waals surface area contributed by atoms with Crippen LogP contribution in [0.3, 0.4) is 0 Å². The van der Waals surface area contributed by atoms with Gasteiger partial charge in [-0.15, -0.1) is 0 Å². The zero-order valence-electron chi connectivity index (χ0n) is 16.5. The normalized spacial score (nSPS) is 12.1. The van der Waals surface area contributed by atoms with Gasteiger partial charge in [-0.05, 0) is 62.6 Å². The Morgan fingerprint density at radius 3 is 1.48 bits per heavy atom. The first kappa shape index (κ1) is 19.6. The molecule has 0 heterocycles. The smallest absolute Gasteiger partial charge is 0.0855 e. The van der Waals surface area contributed by atoms with Crippen LogP contribution in [-0.2, 0) is 0 Å². The van der Waals surface area contributed by atoms with Gasteiger partial charge in [-0.1, -0.05) is 73.2 Å². The molecule has 3 aromatic carbocycles. The minimum atomic E-state index is -1.65. The summed E-state index contributed by atoms with van der Waals surface area (Å²) in [4.78, 5) is 0. The van der Waals surface area contributed by atoms with E-state index >= 15 is 0 Å². The third-order valence-corrected chi connectivity index (χ3v) is 9.87. The van der Waals surface area contributed by atoms with Crippen molar-refractivity contribution in [3.8, 4) is 0 Å². The molecule has 0 fully saturated rings. The molecule has 0 unspecified atom stereocenters. The summed E-state index contributed by atoms with van der Waals surface area (Å²) in [6.45, 7) is 4.48. The molecule has 1 heteroatoms. The summed E-state index contributed by atoms with van der Waals surface area (Å²) in [6.07, 6.45) is 7.16. The monoisotopic (exact) mass is 373 g/mol. The second-order valence-corrected chi connectivity index (χ2v) is 10.7. The van der Waals surface area contributed by atoms with Crippen molar-refractivity contribution in [1.29, 1.82) is 0 Å². The van der Waals surface area contributed by atoms with Gasteiger partial charge >= 0.3 is 0 Å². The van der Waals surface area contributed by atoms with Crippen molar-refractivity contribution < 1.29 is 0 Å². The summed E-state index contributed by atoms with van der Waals surface area (Å²) in [7, 11) is -1.65. The minimum absolute atomic E-state index is 1.15. The first-order valence-electron chi connectivity index (χ1n) is 9.98. The molecule has 0 amide bonds. The average molecular weight is 374 g/mol. The van der Waals surface area contributed by atoms with Crippen LogP contribution in [0, 0.1) is 0 Å². The SMILES string of the molecule is CC/C(C)=C\CCC[P+](c1ccccc1)(c1ccccc1)c1ccccc1. The van der Waals surface area contributed by atoms with Crippen LogP contribution >= 0.6 is 7.26 Å². The Morgan fingerprint density at radius 1 is 0.704 bits per heavy atom. The van der Waals surface area contributed by atoms with Gasteiger partial charge < -0.3 is 0 Å². The van der Waals surface area contributed by atoms with E-state index in [4.69, 9.17) is 0 Å². The van der Waals surface area contributed by atoms with Gasteiger partial charge in [0.05, 0.1) is 6.16 Å². The lowest BCUT2D eigenvalue weighted by Gasteiger charge is -2.27. The van der Waals surface area contributed by atoms with Gasteiger partial charge in [-0.3, -0.25) is 0 Å². The highest BCUT2D eigenvalue weighted by Gasteiger charge is 2.44. The highest BCUT2D eigenvalue weighted by molar-refractivity contribution is 7.95. The molecule has 138 valence electrons. The van der Waals surface area contributed by atoms with Crippen LogP contribution in [-0.4, -0.2) is 6.16 Å². The summed E-state index contributed by atoms with van der Waals surface area (Å²) in [5.74, 6) is 0. The fourth-order valence-corrected chi connectivity index (χ4v) is 8.07. The van der Waals surface area contributed by atoms with E-state index in [1.807, 2.05) is 0 Å². The summed E-state index contributed by atoms with van der Waals surface area (Å²) in [5, 5.41) is 4.45. The van der Waals surface area contributed by atoms with E-state index < -0.39 is 7.26 Å². The number of allylic oxidation sites excluding steroid dienone is 2. The zero-order chi connectivity index (χ0) is 19.0. The number of hydrogen-bond acceptors (Lipinski definition) is 0. The van der Waals surface area contributed by atoms with Crippen LogP contribution in [0.4, 0.5) is 0 Å². The fourth-order valence-electron chi connectivity index (χ4n) is 3.70. The molecule has 0 N–H and O–H groups in total. The summed E-state index contributed by atoms with van der Waals surface area (Å²) >= 11 is 0. The van der Waals surface area contributed by atoms with Crippen LogP contribution in [0.2, 0.25) is 0 Å². The van der Waals surface area contributed by atoms with Crippen LogP contribution < -0.4 is 15.9 Å². The quantitative estimate of drug-likeness (QED) is 0.254. The van der Waals surface area contributed by atoms with Crippen molar-refractivity contribution >= 4 is 23.2 Å². The van der Waals surface area contributed by atoms with Crippen molar-refractivity contribution in [3.63, 3.8) is 0 Å². The minimum Gasteiger partial charge on any atom is -0.0855 e. The molecular formula is C26H30P+. The van der Waals surface area contributed by atoms with Gasteiger partial charge in [0.2, 0.25) is 0 Å². The molecule has 0 spiro atoms. The topological polar surface area (TPSA) is 0 Å². The van der Waals surface area contributed by atoms with Gasteiger partial charge in [0, 0.05) is 0 Å². The van der Waals surface area contributed by atoms with E-state index in [9.17, 15) is 0 Å². The Labute approximate surface area is 165 Å². The predicted octanol–water partition coefficient (Wildman–Crippen LogP) is 6.12. The molecule has 3 aromatic rings. The van der Waals surface area contributed by atoms with Crippen molar-refractivity contribution in [2.75, 3.05) is 6.16 Å². The molecule has 0 radical (unpaired) electrons. The maximum Gasteiger partial charge on any atom is 0.112 e. The number of hydrogen-bond donors (Lipinski definition) is 0. The fraction of sp³-hybridized carbons (Fsp3) is 0.231. The molecule has 0 saturated carbocycles. The van der Waals surface area contributed by atoms with Gasteiger partial charge in [0.15, 0.2) is 0 Å². The Hall–Kier alpha value is -2.17. The first-order chi connectivity index (χ1) is 13.3. The number of rotatable bonds is 8. The molecule has 0 aliphatic carbocycles. The highest BCUT2D eigenvalue weighted by atomic mass is 31.2. The maximum absolute atomic E-state index is 2.43. The van der Waals surface area contributed by atoms with E-state index in [0.29, 0.717) is 0 Å². The molecule has 3 rings (SSSR count). The number of unbranched alkanes of at least 4 members (excludes halogenated alkanes) is 1. The summed E-state index contributed by atoms with van der Waals surface area (Å²) in [5.41, 5.74) is 1.50.